The highest BCUT2D eigenvalue weighted by molar-refractivity contribution is 5.93. The minimum absolute atomic E-state index is 0.185. The van der Waals surface area contributed by atoms with E-state index in [0.29, 0.717) is 5.69 Å². The molecule has 4 rings (SSSR count). The molecule has 5 nitrogen and oxygen atoms in total. The van der Waals surface area contributed by atoms with Gasteiger partial charge in [0.05, 0.1) is 0 Å². The van der Waals surface area contributed by atoms with Crippen LogP contribution in [0.25, 0.3) is 10.8 Å². The van der Waals surface area contributed by atoms with Crippen LogP contribution in [0.4, 0.5) is 20.7 Å². The second-order valence-electron chi connectivity index (χ2n) is 6.71. The van der Waals surface area contributed by atoms with E-state index >= 15 is 0 Å². The van der Waals surface area contributed by atoms with Crippen molar-refractivity contribution in [1.82, 2.24) is 4.98 Å². The average Bonchev–Trinajstić information content (AvgIpc) is 3.07. The highest BCUT2D eigenvalue weighted by Gasteiger charge is 2.25. The summed E-state index contributed by atoms with van der Waals surface area (Å²) in [5.41, 5.74) is 6.66. The molecule has 0 unspecified atom stereocenters. The van der Waals surface area contributed by atoms with Crippen LogP contribution in [-0.4, -0.2) is 24.1 Å². The molecule has 0 aliphatic carbocycles. The third-order valence-electron chi connectivity index (χ3n) is 5.10. The first-order chi connectivity index (χ1) is 12.6. The number of rotatable bonds is 3. The number of primary amides is 1. The molecule has 0 atom stereocenters. The van der Waals surface area contributed by atoms with E-state index in [2.05, 4.69) is 27.3 Å². The van der Waals surface area contributed by atoms with Gasteiger partial charge < -0.3 is 20.9 Å². The molecule has 1 fully saturated rings. The first-order valence-corrected chi connectivity index (χ1v) is 8.79. The van der Waals surface area contributed by atoms with Crippen molar-refractivity contribution in [3.63, 3.8) is 0 Å². The number of amides is 2. The highest BCUT2D eigenvalue weighted by atomic mass is 19.1. The van der Waals surface area contributed by atoms with Crippen molar-refractivity contribution in [3.8, 4) is 0 Å². The molecule has 0 radical (unpaired) electrons. The third kappa shape index (κ3) is 3.10. The van der Waals surface area contributed by atoms with Crippen LogP contribution in [0.5, 0.6) is 0 Å². The minimum atomic E-state index is -0.631. The Morgan fingerprint density at radius 2 is 1.96 bits per heavy atom. The van der Waals surface area contributed by atoms with E-state index < -0.39 is 6.03 Å². The molecular weight excluding hydrogens is 331 g/mol. The smallest absolute Gasteiger partial charge is 0.316 e. The number of fused-ring (bicyclic) bond motifs is 1. The number of carbonyl (C=O) groups excluding carboxylic acids is 1. The molecule has 134 valence electrons. The number of urea groups is 1. The van der Waals surface area contributed by atoms with Gasteiger partial charge in [0.2, 0.25) is 0 Å². The van der Waals surface area contributed by atoms with Crippen LogP contribution in [0, 0.1) is 5.82 Å². The van der Waals surface area contributed by atoms with Crippen molar-refractivity contribution in [1.29, 1.82) is 0 Å². The monoisotopic (exact) mass is 352 g/mol. The van der Waals surface area contributed by atoms with Crippen LogP contribution in [0.15, 0.2) is 48.7 Å². The van der Waals surface area contributed by atoms with E-state index in [1.807, 2.05) is 18.3 Å². The summed E-state index contributed by atoms with van der Waals surface area (Å²) in [7, 11) is 0. The van der Waals surface area contributed by atoms with Gasteiger partial charge in [-0.25, -0.2) is 9.18 Å². The number of aromatic amines is 1. The summed E-state index contributed by atoms with van der Waals surface area (Å²) >= 11 is 0. The number of H-pyrrole nitrogens is 1. The zero-order chi connectivity index (χ0) is 18.1. The van der Waals surface area contributed by atoms with Crippen LogP contribution in [0.1, 0.15) is 24.3 Å². The van der Waals surface area contributed by atoms with E-state index in [4.69, 9.17) is 5.73 Å². The molecule has 0 bridgehead atoms. The van der Waals surface area contributed by atoms with Crippen molar-refractivity contribution < 1.29 is 9.18 Å². The Balaban J connectivity index is 1.54. The van der Waals surface area contributed by atoms with Gasteiger partial charge in [0.15, 0.2) is 0 Å². The number of hydrogen-bond donors (Lipinski definition) is 3. The molecule has 0 saturated carbocycles. The first kappa shape index (κ1) is 16.4. The van der Waals surface area contributed by atoms with Gasteiger partial charge in [0.1, 0.15) is 11.6 Å². The molecule has 1 aliphatic heterocycles. The number of hydrogen-bond acceptors (Lipinski definition) is 2. The topological polar surface area (TPSA) is 74.2 Å². The van der Waals surface area contributed by atoms with Gasteiger partial charge in [-0.05, 0) is 42.5 Å². The van der Waals surface area contributed by atoms with Gasteiger partial charge in [0, 0.05) is 35.7 Å². The third-order valence-corrected chi connectivity index (χ3v) is 5.10. The van der Waals surface area contributed by atoms with E-state index in [1.165, 1.54) is 22.9 Å². The standard InChI is InChI=1S/C20H21FN4O/c21-15-5-6-18(24-20(22)26)17(11-15)13-7-9-25(10-8-13)19-16-4-2-1-3-14(16)12-23-19/h1-6,11-13,23H,7-10H2,(H3,22,24,26). The van der Waals surface area contributed by atoms with Crippen molar-refractivity contribution in [2.45, 2.75) is 18.8 Å². The molecule has 1 aromatic heterocycles. The second kappa shape index (κ2) is 6.71. The van der Waals surface area contributed by atoms with Gasteiger partial charge >= 0.3 is 6.03 Å². The predicted octanol–water partition coefficient (Wildman–Crippen LogP) is 4.18. The summed E-state index contributed by atoms with van der Waals surface area (Å²) in [5.74, 6) is 1.02. The zero-order valence-corrected chi connectivity index (χ0v) is 14.3. The fraction of sp³-hybridized carbons (Fsp3) is 0.250. The van der Waals surface area contributed by atoms with Crippen molar-refractivity contribution in [2.75, 3.05) is 23.3 Å². The predicted molar refractivity (Wildman–Crippen MR) is 102 cm³/mol. The molecule has 4 N–H and O–H groups in total. The summed E-state index contributed by atoms with van der Waals surface area (Å²) in [6, 6.07) is 12.1. The van der Waals surface area contributed by atoms with Gasteiger partial charge in [-0.1, -0.05) is 24.3 Å². The normalized spacial score (nSPS) is 15.3. The number of carbonyl (C=O) groups is 1. The number of anilines is 2. The van der Waals surface area contributed by atoms with Crippen molar-refractivity contribution in [2.24, 2.45) is 5.73 Å². The Morgan fingerprint density at radius 1 is 1.19 bits per heavy atom. The number of piperidine rings is 1. The Morgan fingerprint density at radius 3 is 2.73 bits per heavy atom. The lowest BCUT2D eigenvalue weighted by Crippen LogP contribution is -2.33. The van der Waals surface area contributed by atoms with E-state index in [9.17, 15) is 9.18 Å². The fourth-order valence-corrected chi connectivity index (χ4v) is 3.86. The average molecular weight is 352 g/mol. The van der Waals surface area contributed by atoms with Gasteiger partial charge in [0.25, 0.3) is 0 Å². The maximum Gasteiger partial charge on any atom is 0.316 e. The van der Waals surface area contributed by atoms with Crippen molar-refractivity contribution >= 4 is 28.3 Å². The highest BCUT2D eigenvalue weighted by Crippen LogP contribution is 2.36. The summed E-state index contributed by atoms with van der Waals surface area (Å²) < 4.78 is 13.8. The van der Waals surface area contributed by atoms with Crippen LogP contribution in [-0.2, 0) is 0 Å². The number of halogens is 1. The molecule has 1 saturated heterocycles. The van der Waals surface area contributed by atoms with Crippen molar-refractivity contribution in [3.05, 3.63) is 60.0 Å². The Labute approximate surface area is 151 Å². The lowest BCUT2D eigenvalue weighted by molar-refractivity contribution is 0.259. The van der Waals surface area contributed by atoms with E-state index in [-0.39, 0.29) is 11.7 Å². The van der Waals surface area contributed by atoms with Gasteiger partial charge in [-0.3, -0.25) is 0 Å². The molecular formula is C20H21FN4O. The lowest BCUT2D eigenvalue weighted by Gasteiger charge is -2.34. The quantitative estimate of drug-likeness (QED) is 0.661. The van der Waals surface area contributed by atoms with Gasteiger partial charge in [-0.2, -0.15) is 0 Å². The largest absolute Gasteiger partial charge is 0.358 e. The summed E-state index contributed by atoms with van der Waals surface area (Å²) in [6.45, 7) is 1.73. The van der Waals surface area contributed by atoms with E-state index in [1.54, 1.807) is 6.07 Å². The molecule has 3 aromatic rings. The molecule has 2 heterocycles. The maximum absolute atomic E-state index is 13.8. The van der Waals surface area contributed by atoms with E-state index in [0.717, 1.165) is 37.3 Å². The molecule has 2 aromatic carbocycles. The first-order valence-electron chi connectivity index (χ1n) is 8.79. The number of nitrogens with two attached hydrogens (primary N) is 1. The van der Waals surface area contributed by atoms with Gasteiger partial charge in [-0.15, -0.1) is 0 Å². The molecule has 6 heteroatoms. The molecule has 0 spiro atoms. The SMILES string of the molecule is NC(=O)Nc1ccc(F)cc1C1CCN(c2[nH]cc3ccccc23)CC1. The van der Waals surface area contributed by atoms with Crippen LogP contribution in [0.3, 0.4) is 0 Å². The summed E-state index contributed by atoms with van der Waals surface area (Å²) in [4.78, 5) is 16.9. The molecule has 2 amide bonds. The van der Waals surface area contributed by atoms with Crippen LogP contribution in [0.2, 0.25) is 0 Å². The Hall–Kier alpha value is -3.02. The fourth-order valence-electron chi connectivity index (χ4n) is 3.86. The minimum Gasteiger partial charge on any atom is -0.358 e. The van der Waals surface area contributed by atoms with Crippen LogP contribution >= 0.6 is 0 Å². The summed E-state index contributed by atoms with van der Waals surface area (Å²) in [5, 5.41) is 5.03. The number of benzene rings is 2. The number of nitrogens with one attached hydrogen (secondary N) is 2. The van der Waals surface area contributed by atoms with Crippen LogP contribution < -0.4 is 16.0 Å². The number of nitrogens with zero attached hydrogens (tertiary/aromatic N) is 1. The molecule has 26 heavy (non-hydrogen) atoms. The number of aromatic nitrogens is 1. The molecule has 1 aliphatic rings. The Bertz CT molecular complexity index is 944. The second-order valence-corrected chi connectivity index (χ2v) is 6.71. The summed E-state index contributed by atoms with van der Waals surface area (Å²) in [6.07, 6.45) is 3.78. The lowest BCUT2D eigenvalue weighted by atomic mass is 9.88. The Kier molecular flexibility index (Phi) is 4.24. The maximum atomic E-state index is 13.8. The zero-order valence-electron chi connectivity index (χ0n) is 14.3.